The van der Waals surface area contributed by atoms with E-state index in [0.717, 1.165) is 17.6 Å². The lowest BCUT2D eigenvalue weighted by atomic mass is 10.1. The summed E-state index contributed by atoms with van der Waals surface area (Å²) in [6.07, 6.45) is 2.81. The van der Waals surface area contributed by atoms with Crippen LogP contribution in [-0.2, 0) is 15.6 Å². The molecule has 0 radical (unpaired) electrons. The van der Waals surface area contributed by atoms with Gasteiger partial charge in [-0.2, -0.15) is 0 Å². The third-order valence-corrected chi connectivity index (χ3v) is 3.25. The van der Waals surface area contributed by atoms with Gasteiger partial charge in [-0.25, -0.2) is 4.79 Å². The van der Waals surface area contributed by atoms with Crippen LogP contribution in [0.3, 0.4) is 0 Å². The lowest BCUT2D eigenvalue weighted by molar-refractivity contribution is -0.128. The van der Waals surface area contributed by atoms with E-state index in [9.17, 15) is 4.79 Å². The molecule has 0 fully saturated rings. The van der Waals surface area contributed by atoms with Gasteiger partial charge in [0.1, 0.15) is 0 Å². The van der Waals surface area contributed by atoms with Crippen molar-refractivity contribution < 1.29 is 9.22 Å². The number of allylic oxidation sites excluding steroid dienone is 1. The van der Waals surface area contributed by atoms with E-state index in [-0.39, 0.29) is 5.97 Å². The number of fused-ring (bicyclic) bond motifs is 1. The molecule has 0 bridgehead atoms. The molecule has 16 heavy (non-hydrogen) atoms. The molecule has 84 valence electrons. The predicted molar refractivity (Wildman–Crippen MR) is 67.6 cm³/mol. The van der Waals surface area contributed by atoms with E-state index in [2.05, 4.69) is 6.07 Å². The van der Waals surface area contributed by atoms with Gasteiger partial charge in [-0.1, -0.05) is 30.3 Å². The van der Waals surface area contributed by atoms with Crippen LogP contribution in [0.5, 0.6) is 0 Å². The quantitative estimate of drug-likeness (QED) is 0.733. The van der Waals surface area contributed by atoms with Gasteiger partial charge in [0.2, 0.25) is 8.32 Å². The number of carbonyl (C=O) groups is 1. The molecule has 2 nitrogen and oxygen atoms in total. The molecule has 1 aliphatic rings. The fourth-order valence-corrected chi connectivity index (χ4v) is 2.48. The minimum Gasteiger partial charge on any atom is -0.516 e. The Labute approximate surface area is 97.1 Å². The normalized spacial score (nSPS) is 14.3. The average Bonchev–Trinajstić information content (AvgIpc) is 2.58. The molecule has 0 saturated heterocycles. The average molecular weight is 232 g/mol. The fourth-order valence-electron chi connectivity index (χ4n) is 1.81. The molecule has 2 rings (SSSR count). The van der Waals surface area contributed by atoms with E-state index in [1.54, 1.807) is 0 Å². The summed E-state index contributed by atoms with van der Waals surface area (Å²) in [4.78, 5) is 12.0. The number of hydrogen-bond acceptors (Lipinski definition) is 2. The highest BCUT2D eigenvalue weighted by molar-refractivity contribution is 6.71. The minimum atomic E-state index is -1.80. The molecule has 0 atom stereocenters. The van der Waals surface area contributed by atoms with Crippen molar-refractivity contribution in [2.75, 3.05) is 0 Å². The molecule has 0 saturated carbocycles. The van der Waals surface area contributed by atoms with Gasteiger partial charge < -0.3 is 4.43 Å². The zero-order valence-corrected chi connectivity index (χ0v) is 10.9. The first kappa shape index (κ1) is 11.1. The lowest BCUT2D eigenvalue weighted by Crippen LogP contribution is -2.29. The molecule has 1 aromatic carbocycles. The number of rotatable bonds is 2. The molecule has 3 heteroatoms. The maximum Gasteiger partial charge on any atom is 0.325 e. The summed E-state index contributed by atoms with van der Waals surface area (Å²) >= 11 is 0. The number of benzene rings is 1. The number of carbonyl (C=O) groups excluding carboxylic acids is 1. The van der Waals surface area contributed by atoms with Crippen molar-refractivity contribution >= 4 is 19.9 Å². The van der Waals surface area contributed by atoms with Gasteiger partial charge >= 0.3 is 5.97 Å². The highest BCUT2D eigenvalue weighted by Gasteiger charge is 2.26. The minimum absolute atomic E-state index is 0.163. The van der Waals surface area contributed by atoms with E-state index in [0.29, 0.717) is 0 Å². The van der Waals surface area contributed by atoms with E-state index in [4.69, 9.17) is 4.43 Å². The summed E-state index contributed by atoms with van der Waals surface area (Å²) in [5.41, 5.74) is 2.98. The zero-order chi connectivity index (χ0) is 11.8. The predicted octanol–water partition coefficient (Wildman–Crippen LogP) is 3.00. The van der Waals surface area contributed by atoms with E-state index >= 15 is 0 Å². The maximum absolute atomic E-state index is 12.0. The molecule has 1 aliphatic carbocycles. The molecule has 0 unspecified atom stereocenters. The van der Waals surface area contributed by atoms with Crippen molar-refractivity contribution in [2.24, 2.45) is 0 Å². The van der Waals surface area contributed by atoms with E-state index < -0.39 is 8.32 Å². The van der Waals surface area contributed by atoms with Crippen LogP contribution in [0.2, 0.25) is 19.6 Å². The Balaban J connectivity index is 2.22. The molecule has 0 heterocycles. The Morgan fingerprint density at radius 3 is 2.62 bits per heavy atom. The first-order chi connectivity index (χ1) is 7.47. The van der Waals surface area contributed by atoms with Crippen LogP contribution in [0.25, 0.3) is 5.57 Å². The van der Waals surface area contributed by atoms with Crippen LogP contribution >= 0.6 is 0 Å². The van der Waals surface area contributed by atoms with Crippen molar-refractivity contribution in [2.45, 2.75) is 26.1 Å². The molecule has 0 N–H and O–H groups in total. The largest absolute Gasteiger partial charge is 0.516 e. The molecule has 0 amide bonds. The monoisotopic (exact) mass is 232 g/mol. The van der Waals surface area contributed by atoms with Crippen LogP contribution in [0, 0.1) is 0 Å². The lowest BCUT2D eigenvalue weighted by Gasteiger charge is -2.18. The van der Waals surface area contributed by atoms with Gasteiger partial charge in [0.25, 0.3) is 0 Å². The Morgan fingerprint density at radius 1 is 1.25 bits per heavy atom. The SMILES string of the molecule is C[Si](C)(C)OC(=O)C1=CCc2ccccc21. The molecule has 0 spiro atoms. The second-order valence-electron chi connectivity index (χ2n) is 4.98. The highest BCUT2D eigenvalue weighted by atomic mass is 28.4. The van der Waals surface area contributed by atoms with Crippen molar-refractivity contribution in [3.05, 3.63) is 41.5 Å². The number of hydrogen-bond donors (Lipinski definition) is 0. The topological polar surface area (TPSA) is 26.3 Å². The molecule has 0 aliphatic heterocycles. The van der Waals surface area contributed by atoms with Crippen molar-refractivity contribution in [1.29, 1.82) is 0 Å². The van der Waals surface area contributed by atoms with Crippen LogP contribution in [0.1, 0.15) is 11.1 Å². The molecule has 0 aromatic heterocycles. The van der Waals surface area contributed by atoms with Crippen LogP contribution in [-0.4, -0.2) is 14.3 Å². The zero-order valence-electron chi connectivity index (χ0n) is 9.91. The van der Waals surface area contributed by atoms with Gasteiger partial charge in [-0.15, -0.1) is 0 Å². The fraction of sp³-hybridized carbons (Fsp3) is 0.308. The second-order valence-corrected chi connectivity index (χ2v) is 9.41. The summed E-state index contributed by atoms with van der Waals surface area (Å²) in [6, 6.07) is 8.00. The summed E-state index contributed by atoms with van der Waals surface area (Å²) in [7, 11) is -1.80. The smallest absolute Gasteiger partial charge is 0.325 e. The van der Waals surface area contributed by atoms with Crippen molar-refractivity contribution in [3.63, 3.8) is 0 Å². The van der Waals surface area contributed by atoms with Crippen LogP contribution in [0.15, 0.2) is 30.3 Å². The van der Waals surface area contributed by atoms with Crippen molar-refractivity contribution in [3.8, 4) is 0 Å². The van der Waals surface area contributed by atoms with Gasteiger partial charge in [0, 0.05) is 0 Å². The van der Waals surface area contributed by atoms with Crippen LogP contribution < -0.4 is 0 Å². The van der Waals surface area contributed by atoms with Gasteiger partial charge in [-0.3, -0.25) is 0 Å². The summed E-state index contributed by atoms with van der Waals surface area (Å²) in [5, 5.41) is 0. The van der Waals surface area contributed by atoms with E-state index in [1.165, 1.54) is 5.56 Å². The first-order valence-corrected chi connectivity index (χ1v) is 8.90. The highest BCUT2D eigenvalue weighted by Crippen LogP contribution is 2.28. The standard InChI is InChI=1S/C13H16O2Si/c1-16(2,3)15-13(14)12-9-8-10-6-4-5-7-11(10)12/h4-7,9H,8H2,1-3H3. The second kappa shape index (κ2) is 3.90. The molecular formula is C13H16O2Si. The maximum atomic E-state index is 12.0. The Kier molecular flexibility index (Phi) is 2.72. The third-order valence-electron chi connectivity index (χ3n) is 2.45. The summed E-state index contributed by atoms with van der Waals surface area (Å²) in [6.45, 7) is 6.06. The van der Waals surface area contributed by atoms with Gasteiger partial charge in [-0.05, 0) is 37.2 Å². The van der Waals surface area contributed by atoms with Gasteiger partial charge in [0.05, 0.1) is 5.57 Å². The Hall–Kier alpha value is -1.35. The third kappa shape index (κ3) is 2.24. The first-order valence-electron chi connectivity index (χ1n) is 5.49. The molecular weight excluding hydrogens is 216 g/mol. The summed E-state index contributed by atoms with van der Waals surface area (Å²) < 4.78 is 5.51. The van der Waals surface area contributed by atoms with E-state index in [1.807, 2.05) is 43.9 Å². The van der Waals surface area contributed by atoms with Crippen LogP contribution in [0.4, 0.5) is 0 Å². The Bertz CT molecular complexity index is 455. The summed E-state index contributed by atoms with van der Waals surface area (Å²) in [5.74, 6) is -0.163. The Morgan fingerprint density at radius 2 is 1.94 bits per heavy atom. The van der Waals surface area contributed by atoms with Crippen molar-refractivity contribution in [1.82, 2.24) is 0 Å². The molecule has 1 aromatic rings. The van der Waals surface area contributed by atoms with Gasteiger partial charge in [0.15, 0.2) is 0 Å².